The summed E-state index contributed by atoms with van der Waals surface area (Å²) in [5, 5.41) is 0. The lowest BCUT2D eigenvalue weighted by atomic mass is 9.82. The van der Waals surface area contributed by atoms with E-state index >= 15 is 0 Å². The molecule has 4 heteroatoms. The molecule has 20 heavy (non-hydrogen) atoms. The third-order valence-electron chi connectivity index (χ3n) is 3.88. The van der Waals surface area contributed by atoms with Gasteiger partial charge in [0.1, 0.15) is 0 Å². The van der Waals surface area contributed by atoms with Crippen molar-refractivity contribution in [3.05, 3.63) is 26.0 Å². The molecule has 1 rings (SSSR count). The minimum absolute atomic E-state index is 0.256. The summed E-state index contributed by atoms with van der Waals surface area (Å²) in [6.45, 7) is 14.2. The highest BCUT2D eigenvalue weighted by atomic mass is 16.2. The fraction of sp³-hybridized carbons (Fsp3) is 0.750. The highest BCUT2D eigenvalue weighted by molar-refractivity contribution is 5.60. The third kappa shape index (κ3) is 3.48. The van der Waals surface area contributed by atoms with Gasteiger partial charge in [-0.15, -0.1) is 0 Å². The van der Waals surface area contributed by atoms with Gasteiger partial charge in [-0.2, -0.15) is 0 Å². The first kappa shape index (κ1) is 16.9. The van der Waals surface area contributed by atoms with Gasteiger partial charge in [0.15, 0.2) is 0 Å². The molecule has 1 aromatic carbocycles. The Balaban J connectivity index is 2.70. The molecule has 0 radical (unpaired) electrons. The summed E-state index contributed by atoms with van der Waals surface area (Å²) in [4.78, 5) is 27.9. The van der Waals surface area contributed by atoms with Gasteiger partial charge in [-0.25, -0.2) is 0 Å². The van der Waals surface area contributed by atoms with E-state index in [1.54, 1.807) is 0 Å². The van der Waals surface area contributed by atoms with Gasteiger partial charge >= 0.3 is 0 Å². The van der Waals surface area contributed by atoms with Gasteiger partial charge in [-0.05, 0) is 31.5 Å². The van der Waals surface area contributed by atoms with Crippen LogP contribution in [0.3, 0.4) is 0 Å². The molecular weight excluding hydrogens is 252 g/mol. The third-order valence-corrected chi connectivity index (χ3v) is 3.88. The number of hydrogen-bond donors (Lipinski definition) is 0. The zero-order chi connectivity index (χ0) is 15.5. The topological polar surface area (TPSA) is 40.6 Å². The summed E-state index contributed by atoms with van der Waals surface area (Å²) in [6, 6.07) is 0. The number of hydrogen-bond acceptors (Lipinski definition) is 4. The van der Waals surface area contributed by atoms with E-state index in [1.807, 2.05) is 32.7 Å². The molecular formula is C16H28N2O2. The Morgan fingerprint density at radius 3 is 1.95 bits per heavy atom. The summed E-state index contributed by atoms with van der Waals surface area (Å²) in [6.07, 6.45) is 1.00. The second kappa shape index (κ2) is 6.53. The van der Waals surface area contributed by atoms with Crippen molar-refractivity contribution in [3.8, 4) is 0 Å². The molecule has 0 N–H and O–H groups in total. The van der Waals surface area contributed by atoms with Gasteiger partial charge in [0.25, 0.3) is 0 Å². The van der Waals surface area contributed by atoms with Gasteiger partial charge < -0.3 is 9.80 Å². The molecule has 0 saturated heterocycles. The Morgan fingerprint density at radius 1 is 0.950 bits per heavy atom. The van der Waals surface area contributed by atoms with E-state index in [0.717, 1.165) is 32.6 Å². The van der Waals surface area contributed by atoms with Crippen molar-refractivity contribution in [1.82, 2.24) is 4.90 Å². The molecule has 4 nitrogen and oxygen atoms in total. The lowest BCUT2D eigenvalue weighted by molar-refractivity contribution is 0.301. The van der Waals surface area contributed by atoms with Gasteiger partial charge in [0.2, 0.25) is 10.9 Å². The fourth-order valence-electron chi connectivity index (χ4n) is 2.62. The quantitative estimate of drug-likeness (QED) is 0.714. The molecule has 0 spiro atoms. The normalized spacial score (nSPS) is 12.3. The largest absolute Gasteiger partial charge is 0.371 e. The van der Waals surface area contributed by atoms with Crippen LogP contribution in [-0.4, -0.2) is 38.1 Å². The Bertz CT molecular complexity index is 503. The van der Waals surface area contributed by atoms with Crippen molar-refractivity contribution in [3.63, 3.8) is 0 Å². The Hall–Kier alpha value is -1.16. The second-order valence-electron chi connectivity index (χ2n) is 6.43. The molecule has 0 atom stereocenters. The van der Waals surface area contributed by atoms with E-state index < -0.39 is 0 Å². The minimum atomic E-state index is -0.319. The maximum atomic E-state index is 11.8. The number of anilines is 1. The molecule has 114 valence electrons. The lowest BCUT2D eigenvalue weighted by Gasteiger charge is -2.30. The minimum Gasteiger partial charge on any atom is -0.371 e. The maximum Gasteiger partial charge on any atom is 0.249 e. The van der Waals surface area contributed by atoms with Crippen LogP contribution >= 0.6 is 0 Å². The molecule has 0 bridgehead atoms. The predicted molar refractivity (Wildman–Crippen MR) is 85.7 cm³/mol. The highest BCUT2D eigenvalue weighted by Crippen LogP contribution is 2.27. The molecule has 0 unspecified atom stereocenters. The van der Waals surface area contributed by atoms with E-state index in [1.165, 1.54) is 0 Å². The van der Waals surface area contributed by atoms with Gasteiger partial charge in [-0.1, -0.05) is 34.6 Å². The fourth-order valence-corrected chi connectivity index (χ4v) is 2.62. The standard InChI is InChI=1S/C16H28N2O2/c1-7-18(8-2)11-9-10-17(6)13-12(16(3,4)5)14(19)15(13)20/h7-11H2,1-6H3. The van der Waals surface area contributed by atoms with E-state index in [2.05, 4.69) is 18.7 Å². The highest BCUT2D eigenvalue weighted by Gasteiger charge is 2.31. The molecule has 0 heterocycles. The zero-order valence-electron chi connectivity index (χ0n) is 13.7. The van der Waals surface area contributed by atoms with E-state index in [-0.39, 0.29) is 16.3 Å². The molecule has 0 aliphatic rings. The van der Waals surface area contributed by atoms with Crippen molar-refractivity contribution in [2.75, 3.05) is 38.1 Å². The van der Waals surface area contributed by atoms with Crippen LogP contribution in [0.25, 0.3) is 0 Å². The van der Waals surface area contributed by atoms with Crippen LogP contribution in [-0.2, 0) is 5.41 Å². The molecule has 0 aromatic heterocycles. The Kier molecular flexibility index (Phi) is 5.51. The summed E-state index contributed by atoms with van der Waals surface area (Å²) >= 11 is 0. The van der Waals surface area contributed by atoms with Crippen LogP contribution < -0.4 is 15.8 Å². The first-order chi connectivity index (χ1) is 9.23. The molecule has 1 aromatic rings. The van der Waals surface area contributed by atoms with Crippen LogP contribution in [0.15, 0.2) is 9.59 Å². The average molecular weight is 280 g/mol. The van der Waals surface area contributed by atoms with Crippen LogP contribution in [0, 0.1) is 0 Å². The van der Waals surface area contributed by atoms with E-state index in [0.29, 0.717) is 11.3 Å². The molecule has 0 fully saturated rings. The predicted octanol–water partition coefficient (Wildman–Crippen LogP) is 1.75. The van der Waals surface area contributed by atoms with Crippen LogP contribution in [0.1, 0.15) is 46.6 Å². The molecule has 0 aliphatic carbocycles. The van der Waals surface area contributed by atoms with Crippen molar-refractivity contribution < 1.29 is 0 Å². The van der Waals surface area contributed by atoms with E-state index in [9.17, 15) is 9.59 Å². The van der Waals surface area contributed by atoms with Crippen molar-refractivity contribution in [2.24, 2.45) is 0 Å². The first-order valence-corrected chi connectivity index (χ1v) is 7.51. The first-order valence-electron chi connectivity index (χ1n) is 7.51. The number of nitrogens with zero attached hydrogens (tertiary/aromatic N) is 2. The maximum absolute atomic E-state index is 11.8. The lowest BCUT2D eigenvalue weighted by Crippen LogP contribution is -2.47. The van der Waals surface area contributed by atoms with Gasteiger partial charge in [0, 0.05) is 19.2 Å². The zero-order valence-corrected chi connectivity index (χ0v) is 13.7. The van der Waals surface area contributed by atoms with Crippen molar-refractivity contribution >= 4 is 5.69 Å². The van der Waals surface area contributed by atoms with Crippen LogP contribution in [0.4, 0.5) is 5.69 Å². The summed E-state index contributed by atoms with van der Waals surface area (Å²) < 4.78 is 0. The van der Waals surface area contributed by atoms with Crippen LogP contribution in [0.2, 0.25) is 0 Å². The van der Waals surface area contributed by atoms with Gasteiger partial charge in [0.05, 0.1) is 5.69 Å². The molecule has 0 saturated carbocycles. The van der Waals surface area contributed by atoms with E-state index in [4.69, 9.17) is 0 Å². The monoisotopic (exact) mass is 280 g/mol. The Labute approximate surface area is 122 Å². The number of rotatable bonds is 7. The summed E-state index contributed by atoms with van der Waals surface area (Å²) in [5.41, 5.74) is 0.436. The summed E-state index contributed by atoms with van der Waals surface area (Å²) in [7, 11) is 1.91. The van der Waals surface area contributed by atoms with Crippen molar-refractivity contribution in [2.45, 2.75) is 46.5 Å². The molecule has 0 aliphatic heterocycles. The average Bonchev–Trinajstić information content (AvgIpc) is 2.37. The Morgan fingerprint density at radius 2 is 1.50 bits per heavy atom. The van der Waals surface area contributed by atoms with Gasteiger partial charge in [-0.3, -0.25) is 9.59 Å². The smallest absolute Gasteiger partial charge is 0.249 e. The second-order valence-corrected chi connectivity index (χ2v) is 6.43. The van der Waals surface area contributed by atoms with Crippen LogP contribution in [0.5, 0.6) is 0 Å². The summed E-state index contributed by atoms with van der Waals surface area (Å²) in [5.74, 6) is 0. The van der Waals surface area contributed by atoms with Crippen molar-refractivity contribution in [1.29, 1.82) is 0 Å². The SMILES string of the molecule is CCN(CC)CCCN(C)c1c(C(C)(C)C)c(=O)c1=O. The molecule has 0 amide bonds.